The average Bonchev–Trinajstić information content (AvgIpc) is 3.01. The highest BCUT2D eigenvalue weighted by Crippen LogP contribution is 2.44. The van der Waals surface area contributed by atoms with Crippen molar-refractivity contribution in [1.82, 2.24) is 9.55 Å². The standard InChI is InChI=1S/C19H12BrCl2I2N3O/c1-19(9-10-2-4-11(20)5-3-10)17(28)26(14-7-12(21)6-13(22)8-14)18-25-15(23)16(24)27(18)19/h2-8H,9H2,1H3. The van der Waals surface area contributed by atoms with Crippen LogP contribution in [0.3, 0.4) is 0 Å². The molecule has 28 heavy (non-hydrogen) atoms. The highest BCUT2D eigenvalue weighted by Gasteiger charge is 2.50. The number of halogens is 5. The zero-order valence-electron chi connectivity index (χ0n) is 14.4. The van der Waals surface area contributed by atoms with Gasteiger partial charge in [-0.1, -0.05) is 51.3 Å². The molecule has 1 amide bonds. The minimum absolute atomic E-state index is 0.0643. The molecule has 1 aliphatic heterocycles. The number of amides is 1. The predicted octanol–water partition coefficient (Wildman–Crippen LogP) is 6.80. The van der Waals surface area contributed by atoms with Crippen LogP contribution in [0.1, 0.15) is 12.5 Å². The van der Waals surface area contributed by atoms with Gasteiger partial charge in [0.05, 0.1) is 5.69 Å². The van der Waals surface area contributed by atoms with Gasteiger partial charge >= 0.3 is 0 Å². The molecular weight excluding hydrogens is 691 g/mol. The molecule has 0 bridgehead atoms. The highest BCUT2D eigenvalue weighted by atomic mass is 127. The molecular formula is C19H12BrCl2I2N3O. The molecule has 4 nitrogen and oxygen atoms in total. The number of hydrogen-bond donors (Lipinski definition) is 0. The molecule has 1 atom stereocenters. The minimum atomic E-state index is -0.815. The number of rotatable bonds is 3. The number of hydrogen-bond acceptors (Lipinski definition) is 2. The van der Waals surface area contributed by atoms with Gasteiger partial charge in [0.1, 0.15) is 12.9 Å². The van der Waals surface area contributed by atoms with Gasteiger partial charge in [0.2, 0.25) is 5.95 Å². The molecule has 1 aliphatic rings. The highest BCUT2D eigenvalue weighted by molar-refractivity contribution is 14.1. The zero-order chi connectivity index (χ0) is 20.2. The summed E-state index contributed by atoms with van der Waals surface area (Å²) in [5.41, 5.74) is 0.863. The fourth-order valence-corrected chi connectivity index (χ4v) is 5.54. The monoisotopic (exact) mass is 701 g/mol. The quantitative estimate of drug-likeness (QED) is 0.282. The summed E-state index contributed by atoms with van der Waals surface area (Å²) in [5, 5.41) is 0.943. The van der Waals surface area contributed by atoms with Crippen molar-refractivity contribution in [3.05, 3.63) is 69.9 Å². The Morgan fingerprint density at radius 1 is 1.11 bits per heavy atom. The van der Waals surface area contributed by atoms with Gasteiger partial charge in [-0.2, -0.15) is 0 Å². The normalized spacial score (nSPS) is 18.6. The first-order valence-corrected chi connectivity index (χ1v) is 11.9. The van der Waals surface area contributed by atoms with E-state index in [1.807, 2.05) is 35.8 Å². The summed E-state index contributed by atoms with van der Waals surface area (Å²) in [6.07, 6.45) is 0.541. The Bertz CT molecular complexity index is 1080. The van der Waals surface area contributed by atoms with Crippen molar-refractivity contribution in [1.29, 1.82) is 0 Å². The molecule has 1 unspecified atom stereocenters. The number of carbonyl (C=O) groups excluding carboxylic acids is 1. The maximum Gasteiger partial charge on any atom is 0.260 e. The van der Waals surface area contributed by atoms with Crippen LogP contribution >= 0.6 is 84.3 Å². The van der Waals surface area contributed by atoms with E-state index in [1.165, 1.54) is 0 Å². The molecule has 0 N–H and O–H groups in total. The van der Waals surface area contributed by atoms with Crippen LogP contribution < -0.4 is 4.90 Å². The fourth-order valence-electron chi connectivity index (χ4n) is 3.43. The molecule has 2 heterocycles. The van der Waals surface area contributed by atoms with E-state index in [1.54, 1.807) is 23.1 Å². The molecule has 0 spiro atoms. The van der Waals surface area contributed by atoms with Crippen molar-refractivity contribution in [2.45, 2.75) is 18.9 Å². The molecule has 9 heteroatoms. The molecule has 0 radical (unpaired) electrons. The first-order valence-electron chi connectivity index (χ1n) is 8.20. The number of benzene rings is 2. The van der Waals surface area contributed by atoms with Crippen molar-refractivity contribution in [2.75, 3.05) is 4.90 Å². The number of carbonyl (C=O) groups is 1. The summed E-state index contributed by atoms with van der Waals surface area (Å²) in [6, 6.07) is 13.1. The Labute approximate surface area is 208 Å². The lowest BCUT2D eigenvalue weighted by molar-refractivity contribution is -0.124. The lowest BCUT2D eigenvalue weighted by Crippen LogP contribution is -2.41. The molecule has 144 valence electrons. The van der Waals surface area contributed by atoms with Crippen LogP contribution in [0, 0.1) is 7.40 Å². The van der Waals surface area contributed by atoms with Gasteiger partial charge in [0.25, 0.3) is 5.91 Å². The van der Waals surface area contributed by atoms with Crippen LogP contribution in [0.2, 0.25) is 10.0 Å². The third-order valence-corrected chi connectivity index (χ3v) is 8.43. The van der Waals surface area contributed by atoms with E-state index >= 15 is 0 Å². The van der Waals surface area contributed by atoms with Gasteiger partial charge < -0.3 is 0 Å². The maximum absolute atomic E-state index is 13.7. The van der Waals surface area contributed by atoms with Crippen molar-refractivity contribution < 1.29 is 4.79 Å². The third-order valence-electron chi connectivity index (χ3n) is 4.69. The van der Waals surface area contributed by atoms with Gasteiger partial charge in [-0.05, 0) is 88.0 Å². The van der Waals surface area contributed by atoms with Crippen LogP contribution in [-0.2, 0) is 16.8 Å². The molecule has 0 fully saturated rings. The minimum Gasteiger partial charge on any atom is -0.288 e. The topological polar surface area (TPSA) is 38.1 Å². The maximum atomic E-state index is 13.7. The number of fused-ring (bicyclic) bond motifs is 1. The second-order valence-electron chi connectivity index (χ2n) is 6.67. The zero-order valence-corrected chi connectivity index (χ0v) is 21.8. The average molecular weight is 703 g/mol. The van der Waals surface area contributed by atoms with E-state index in [0.717, 1.165) is 17.4 Å². The predicted molar refractivity (Wildman–Crippen MR) is 133 cm³/mol. The number of imidazole rings is 1. The first-order chi connectivity index (χ1) is 13.2. The molecule has 0 aliphatic carbocycles. The second kappa shape index (κ2) is 7.72. The van der Waals surface area contributed by atoms with Crippen molar-refractivity contribution in [3.8, 4) is 0 Å². The van der Waals surface area contributed by atoms with Crippen molar-refractivity contribution in [2.24, 2.45) is 0 Å². The van der Waals surface area contributed by atoms with Gasteiger partial charge in [-0.25, -0.2) is 9.88 Å². The van der Waals surface area contributed by atoms with Crippen LogP contribution in [0.15, 0.2) is 46.9 Å². The van der Waals surface area contributed by atoms with Crippen molar-refractivity contribution >= 4 is 102 Å². The lowest BCUT2D eigenvalue weighted by Gasteiger charge is -2.26. The Hall–Kier alpha value is -0.360. The summed E-state index contributed by atoms with van der Waals surface area (Å²) < 4.78 is 4.79. The smallest absolute Gasteiger partial charge is 0.260 e. The van der Waals surface area contributed by atoms with Gasteiger partial charge in [-0.15, -0.1) is 0 Å². The number of nitrogens with zero attached hydrogens (tertiary/aromatic N) is 3. The van der Waals surface area contributed by atoms with E-state index in [2.05, 4.69) is 66.1 Å². The summed E-state index contributed by atoms with van der Waals surface area (Å²) in [6.45, 7) is 1.95. The summed E-state index contributed by atoms with van der Waals surface area (Å²) in [7, 11) is 0. The number of anilines is 2. The van der Waals surface area contributed by atoms with Crippen LogP contribution in [0.4, 0.5) is 11.6 Å². The SMILES string of the molecule is CC1(Cc2ccc(Br)cc2)C(=O)N(c2cc(Cl)cc(Cl)c2)c2nc(I)c(I)n21. The molecule has 3 aromatic rings. The van der Waals surface area contributed by atoms with E-state index in [9.17, 15) is 4.79 Å². The Balaban J connectivity index is 1.87. The largest absolute Gasteiger partial charge is 0.288 e. The third kappa shape index (κ3) is 3.51. The Morgan fingerprint density at radius 2 is 1.71 bits per heavy atom. The lowest BCUT2D eigenvalue weighted by atomic mass is 9.92. The van der Waals surface area contributed by atoms with Crippen LogP contribution in [0.5, 0.6) is 0 Å². The molecule has 2 aromatic carbocycles. The molecule has 0 saturated heterocycles. The van der Waals surface area contributed by atoms with Crippen molar-refractivity contribution in [3.63, 3.8) is 0 Å². The Kier molecular flexibility index (Phi) is 5.76. The fraction of sp³-hybridized carbons (Fsp3) is 0.158. The van der Waals surface area contributed by atoms with Crippen LogP contribution in [-0.4, -0.2) is 15.5 Å². The van der Waals surface area contributed by atoms with Crippen LogP contribution in [0.25, 0.3) is 0 Å². The number of aromatic nitrogens is 2. The summed E-state index contributed by atoms with van der Waals surface area (Å²) >= 11 is 20.3. The summed E-state index contributed by atoms with van der Waals surface area (Å²) in [4.78, 5) is 19.9. The summed E-state index contributed by atoms with van der Waals surface area (Å²) in [5.74, 6) is 0.516. The van der Waals surface area contributed by atoms with E-state index in [-0.39, 0.29) is 5.91 Å². The van der Waals surface area contributed by atoms with E-state index in [4.69, 9.17) is 23.2 Å². The molecule has 0 saturated carbocycles. The van der Waals surface area contributed by atoms with Gasteiger partial charge in [-0.3, -0.25) is 9.36 Å². The van der Waals surface area contributed by atoms with Gasteiger partial charge in [0, 0.05) is 20.9 Å². The van der Waals surface area contributed by atoms with E-state index in [0.29, 0.717) is 28.1 Å². The molecule has 1 aromatic heterocycles. The Morgan fingerprint density at radius 3 is 2.32 bits per heavy atom. The first kappa shape index (κ1) is 20.9. The molecule has 4 rings (SSSR count). The van der Waals surface area contributed by atoms with E-state index < -0.39 is 5.54 Å². The van der Waals surface area contributed by atoms with Gasteiger partial charge in [0.15, 0.2) is 0 Å². The second-order valence-corrected chi connectivity index (χ2v) is 10.5.